The van der Waals surface area contributed by atoms with Crippen molar-refractivity contribution in [1.29, 1.82) is 0 Å². The molecule has 1 saturated heterocycles. The molecule has 3 fully saturated rings. The van der Waals surface area contributed by atoms with Crippen LogP contribution in [0.15, 0.2) is 66.6 Å². The molecule has 3 heterocycles. The molecule has 2 aromatic heterocycles. The highest BCUT2D eigenvalue weighted by atomic mass is 32.2. The zero-order chi connectivity index (χ0) is 46.8. The Hall–Kier alpha value is -6.02. The van der Waals surface area contributed by atoms with E-state index in [1.165, 1.54) is 34.4 Å². The predicted molar refractivity (Wildman–Crippen MR) is 241 cm³/mol. The van der Waals surface area contributed by atoms with Crippen molar-refractivity contribution in [3.05, 3.63) is 72.4 Å². The molecule has 4 aromatic rings. The number of thiazole rings is 1. The van der Waals surface area contributed by atoms with Crippen molar-refractivity contribution in [2.24, 2.45) is 11.3 Å². The number of ether oxygens (including phenoxy) is 3. The van der Waals surface area contributed by atoms with Crippen LogP contribution in [0.2, 0.25) is 0 Å². The van der Waals surface area contributed by atoms with Crippen LogP contribution in [0.3, 0.4) is 0 Å². The molecule has 2 saturated carbocycles. The largest absolute Gasteiger partial charge is 0.497 e. The molecular weight excluding hydrogens is 882 g/mol. The molecule has 2 aromatic carbocycles. The molecule has 0 unspecified atom stereocenters. The SMILES string of the molecule is C=C[C@@H]1C[C@]1(NC(=O)[C@@H]1C[C@@H](Oc2cc(-c3csc(NC(C)C)n3)nc3cc(OC)ccc23)CN1C(=O)[C@@H](NC(=O)OC1CCCC1)C(C)(C)C)C(=O)NS(=O)(=O)Oc1ccccc1F. The molecule has 65 heavy (non-hydrogen) atoms. The number of anilines is 1. The van der Waals surface area contributed by atoms with E-state index in [2.05, 4.69) is 22.5 Å². The fourth-order valence-corrected chi connectivity index (χ4v) is 9.78. The van der Waals surface area contributed by atoms with E-state index in [1.54, 1.807) is 56.9 Å². The van der Waals surface area contributed by atoms with Crippen LogP contribution in [-0.2, 0) is 29.4 Å². The molecular formula is C45H54FN7O10S2. The molecule has 0 bridgehead atoms. The third-order valence-corrected chi connectivity index (χ3v) is 13.2. The smallest absolute Gasteiger partial charge is 0.409 e. The van der Waals surface area contributed by atoms with Gasteiger partial charge in [-0.1, -0.05) is 39.0 Å². The van der Waals surface area contributed by atoms with Gasteiger partial charge in [-0.2, -0.15) is 8.42 Å². The number of benzene rings is 2. The van der Waals surface area contributed by atoms with Crippen LogP contribution in [0.4, 0.5) is 14.3 Å². The molecule has 20 heteroatoms. The van der Waals surface area contributed by atoms with Gasteiger partial charge >= 0.3 is 16.4 Å². The maximum Gasteiger partial charge on any atom is 0.409 e. The first-order chi connectivity index (χ1) is 30.8. The standard InChI is InChI=1S/C45H54FN7O10S2/c1-8-26-22-45(26,41(56)52-65(58,59)63-36-16-12-11-15-31(36)46)51-39(54)35-20-29(23-53(35)40(55)38(44(4,5)6)50-43(57)62-27-13-9-10-14-27)61-37-21-33(34-24-64-42(49-34)47-25(2)3)48-32-19-28(60-7)17-18-30(32)37/h8,11-12,15-19,21,24-27,29,35,38H,1,9-10,13-14,20,22-23H2,2-7H3,(H,47,49)(H,50,57)(H,51,54)(H,52,56)/t26-,29-,35+,38-,45-/m1/s1. The highest BCUT2D eigenvalue weighted by Crippen LogP contribution is 2.45. The third kappa shape index (κ3) is 10.8. The van der Waals surface area contributed by atoms with Crippen molar-refractivity contribution in [3.63, 3.8) is 0 Å². The Morgan fingerprint density at radius 1 is 1.02 bits per heavy atom. The first kappa shape index (κ1) is 47.0. The van der Waals surface area contributed by atoms with Gasteiger partial charge in [0.25, 0.3) is 5.91 Å². The first-order valence-corrected chi connectivity index (χ1v) is 23.7. The molecule has 5 atom stereocenters. The summed E-state index contributed by atoms with van der Waals surface area (Å²) in [5.41, 5.74) is -1.08. The van der Waals surface area contributed by atoms with E-state index in [0.29, 0.717) is 51.8 Å². The van der Waals surface area contributed by atoms with Crippen molar-refractivity contribution in [2.75, 3.05) is 19.0 Å². The Balaban J connectivity index is 1.20. The zero-order valence-electron chi connectivity index (χ0n) is 37.0. The van der Waals surface area contributed by atoms with Gasteiger partial charge < -0.3 is 39.2 Å². The average Bonchev–Trinajstić information content (AvgIpc) is 3.65. The Morgan fingerprint density at radius 2 is 1.75 bits per heavy atom. The number of hydrogen-bond donors (Lipinski definition) is 4. The van der Waals surface area contributed by atoms with E-state index in [9.17, 15) is 32.0 Å². The lowest BCUT2D eigenvalue weighted by Gasteiger charge is -2.35. The Morgan fingerprint density at radius 3 is 2.42 bits per heavy atom. The molecule has 1 aliphatic heterocycles. The van der Waals surface area contributed by atoms with Gasteiger partial charge in [0.2, 0.25) is 11.8 Å². The van der Waals surface area contributed by atoms with Crippen molar-refractivity contribution >= 4 is 61.5 Å². The number of likely N-dealkylation sites (tertiary alicyclic amines) is 1. The van der Waals surface area contributed by atoms with E-state index in [-0.39, 0.29) is 31.5 Å². The minimum atomic E-state index is -4.93. The highest BCUT2D eigenvalue weighted by molar-refractivity contribution is 7.85. The van der Waals surface area contributed by atoms with E-state index >= 15 is 0 Å². The molecule has 4 amide bonds. The summed E-state index contributed by atoms with van der Waals surface area (Å²) >= 11 is 1.42. The number of carbonyl (C=O) groups is 4. The number of halogens is 1. The Kier molecular flexibility index (Phi) is 13.6. The molecule has 2 aliphatic carbocycles. The van der Waals surface area contributed by atoms with Crippen LogP contribution in [0.25, 0.3) is 22.3 Å². The number of carbonyl (C=O) groups excluding carboxylic acids is 4. The number of para-hydroxylation sites is 1. The highest BCUT2D eigenvalue weighted by Gasteiger charge is 2.62. The summed E-state index contributed by atoms with van der Waals surface area (Å²) < 4.78 is 64.9. The predicted octanol–water partition coefficient (Wildman–Crippen LogP) is 6.26. The first-order valence-electron chi connectivity index (χ1n) is 21.4. The molecule has 0 radical (unpaired) electrons. The molecule has 3 aliphatic rings. The Bertz CT molecular complexity index is 2580. The summed E-state index contributed by atoms with van der Waals surface area (Å²) in [5.74, 6) is -3.97. The maximum absolute atomic E-state index is 14.9. The summed E-state index contributed by atoms with van der Waals surface area (Å²) in [6.45, 7) is 12.9. The number of hydrogen-bond acceptors (Lipinski definition) is 14. The van der Waals surface area contributed by atoms with Gasteiger partial charge in [0.1, 0.15) is 47.0 Å². The van der Waals surface area contributed by atoms with Crippen LogP contribution in [0.1, 0.15) is 73.1 Å². The second-order valence-corrected chi connectivity index (χ2v) is 20.0. The summed E-state index contributed by atoms with van der Waals surface area (Å²) in [6.07, 6.45) is 2.66. The van der Waals surface area contributed by atoms with E-state index in [0.717, 1.165) is 25.0 Å². The van der Waals surface area contributed by atoms with Crippen LogP contribution in [0.5, 0.6) is 17.2 Å². The van der Waals surface area contributed by atoms with Gasteiger partial charge in [-0.05, 0) is 75.6 Å². The second-order valence-electron chi connectivity index (χ2n) is 17.9. The van der Waals surface area contributed by atoms with Gasteiger partial charge in [-0.25, -0.2) is 23.9 Å². The minimum absolute atomic E-state index is 0.0384. The molecule has 348 valence electrons. The number of methoxy groups -OCH3 is 1. The number of fused-ring (bicyclic) bond motifs is 1. The summed E-state index contributed by atoms with van der Waals surface area (Å²) in [6, 6.07) is 9.47. The fourth-order valence-electron chi connectivity index (χ4n) is 8.11. The fraction of sp³-hybridized carbons (Fsp3) is 0.467. The molecule has 4 N–H and O–H groups in total. The molecule has 17 nitrogen and oxygen atoms in total. The van der Waals surface area contributed by atoms with Crippen LogP contribution < -0.4 is 34.3 Å². The third-order valence-electron chi connectivity index (χ3n) is 11.6. The topological polar surface area (TPSA) is 216 Å². The van der Waals surface area contributed by atoms with Crippen LogP contribution >= 0.6 is 11.3 Å². The van der Waals surface area contributed by atoms with Crippen molar-refractivity contribution in [2.45, 2.75) is 109 Å². The summed E-state index contributed by atoms with van der Waals surface area (Å²) in [7, 11) is -3.39. The average molecular weight is 936 g/mol. The molecule has 0 spiro atoms. The van der Waals surface area contributed by atoms with Crippen LogP contribution in [-0.4, -0.2) is 96.6 Å². The van der Waals surface area contributed by atoms with Gasteiger partial charge in [-0.3, -0.25) is 14.4 Å². The maximum atomic E-state index is 14.9. The number of alkyl carbamates (subject to hydrolysis) is 1. The van der Waals surface area contributed by atoms with Crippen molar-refractivity contribution < 1.29 is 50.4 Å². The number of rotatable bonds is 16. The Labute approximate surface area is 381 Å². The summed E-state index contributed by atoms with van der Waals surface area (Å²) in [5, 5.41) is 12.0. The van der Waals surface area contributed by atoms with E-state index < -0.39 is 80.7 Å². The number of aromatic nitrogens is 2. The van der Waals surface area contributed by atoms with Crippen molar-refractivity contribution in [3.8, 4) is 28.6 Å². The monoisotopic (exact) mass is 935 g/mol. The lowest BCUT2D eigenvalue weighted by Crippen LogP contribution is -2.60. The molecule has 7 rings (SSSR count). The van der Waals surface area contributed by atoms with Crippen molar-refractivity contribution in [1.82, 2.24) is 30.2 Å². The number of pyridine rings is 1. The lowest BCUT2D eigenvalue weighted by molar-refractivity contribution is -0.143. The quantitative estimate of drug-likeness (QED) is 0.0914. The summed E-state index contributed by atoms with van der Waals surface area (Å²) in [4.78, 5) is 67.5. The normalized spacial score (nSPS) is 21.4. The minimum Gasteiger partial charge on any atom is -0.497 e. The van der Waals surface area contributed by atoms with Gasteiger partial charge in [0.15, 0.2) is 16.7 Å². The number of nitrogens with zero attached hydrogens (tertiary/aromatic N) is 3. The van der Waals surface area contributed by atoms with Gasteiger partial charge in [0, 0.05) is 41.3 Å². The van der Waals surface area contributed by atoms with E-state index in [4.69, 9.17) is 28.4 Å². The van der Waals surface area contributed by atoms with Gasteiger partial charge in [0.05, 0.1) is 24.9 Å². The van der Waals surface area contributed by atoms with E-state index in [1.807, 2.05) is 19.2 Å². The number of nitrogens with one attached hydrogen (secondary N) is 4. The van der Waals surface area contributed by atoms with Crippen LogP contribution in [0, 0.1) is 17.2 Å². The zero-order valence-corrected chi connectivity index (χ0v) is 38.6. The second kappa shape index (κ2) is 18.8. The lowest BCUT2D eigenvalue weighted by atomic mass is 9.85. The van der Waals surface area contributed by atoms with Gasteiger partial charge in [-0.15, -0.1) is 17.9 Å². The number of amides is 4.